The number of carbonyl (C=O) groups is 1. The third-order valence-electron chi connectivity index (χ3n) is 6.27. The molecule has 0 bridgehead atoms. The zero-order valence-corrected chi connectivity index (χ0v) is 17.1. The van der Waals surface area contributed by atoms with Crippen molar-refractivity contribution in [3.8, 4) is 0 Å². The summed E-state index contributed by atoms with van der Waals surface area (Å²) in [6.07, 6.45) is 6.51. The van der Waals surface area contributed by atoms with E-state index in [1.165, 1.54) is 23.1 Å². The van der Waals surface area contributed by atoms with Gasteiger partial charge in [0.1, 0.15) is 0 Å². The van der Waals surface area contributed by atoms with Crippen molar-refractivity contribution >= 4 is 18.3 Å². The molecule has 2 aromatic rings. The fraction of sp³-hybridized carbons (Fsp3) is 0.435. The number of halogens is 1. The van der Waals surface area contributed by atoms with E-state index < -0.39 is 0 Å². The maximum absolute atomic E-state index is 11.5. The first kappa shape index (κ1) is 21.5. The monoisotopic (exact) mass is 386 g/mol. The first-order chi connectivity index (χ1) is 12.4. The van der Waals surface area contributed by atoms with Gasteiger partial charge in [-0.3, -0.25) is 4.79 Å². The summed E-state index contributed by atoms with van der Waals surface area (Å²) in [5.74, 6) is -0.168. The van der Waals surface area contributed by atoms with Crippen LogP contribution in [-0.4, -0.2) is 5.91 Å². The van der Waals surface area contributed by atoms with Gasteiger partial charge in [0.2, 0.25) is 5.91 Å². The Hall–Kier alpha value is -1.84. The summed E-state index contributed by atoms with van der Waals surface area (Å²) >= 11 is 0. The first-order valence-electron chi connectivity index (χ1n) is 9.60. The molecule has 4 N–H and O–H groups in total. The summed E-state index contributed by atoms with van der Waals surface area (Å²) in [5.41, 5.74) is 16.3. The largest absolute Gasteiger partial charge is 0.369 e. The normalized spacial score (nSPS) is 18.6. The lowest BCUT2D eigenvalue weighted by Gasteiger charge is -2.40. The Labute approximate surface area is 168 Å². The van der Waals surface area contributed by atoms with E-state index in [9.17, 15) is 4.79 Å². The molecule has 1 amide bonds. The maximum Gasteiger partial charge on any atom is 0.228 e. The minimum atomic E-state index is -0.356. The molecule has 0 aromatic heterocycles. The molecule has 3 nitrogen and oxygen atoms in total. The molecular weight excluding hydrogens is 356 g/mol. The van der Waals surface area contributed by atoms with Crippen LogP contribution in [0.4, 0.5) is 0 Å². The second-order valence-corrected chi connectivity index (χ2v) is 7.94. The number of hydrogen-bond donors (Lipinski definition) is 2. The Morgan fingerprint density at radius 1 is 0.815 bits per heavy atom. The number of benzene rings is 2. The summed E-state index contributed by atoms with van der Waals surface area (Å²) in [4.78, 5) is 11.5. The fourth-order valence-corrected chi connectivity index (χ4v) is 4.25. The predicted octanol–water partition coefficient (Wildman–Crippen LogP) is 4.66. The Kier molecular flexibility index (Phi) is 6.72. The minimum Gasteiger partial charge on any atom is -0.369 e. The smallest absolute Gasteiger partial charge is 0.228 e. The maximum atomic E-state index is 11.5. The van der Waals surface area contributed by atoms with Gasteiger partial charge < -0.3 is 11.5 Å². The van der Waals surface area contributed by atoms with E-state index in [4.69, 9.17) is 11.5 Å². The van der Waals surface area contributed by atoms with Crippen LogP contribution in [0.25, 0.3) is 0 Å². The topological polar surface area (TPSA) is 69.1 Å². The van der Waals surface area contributed by atoms with Crippen LogP contribution < -0.4 is 11.5 Å². The lowest BCUT2D eigenvalue weighted by molar-refractivity contribution is -0.126. The van der Waals surface area contributed by atoms with Crippen LogP contribution in [0, 0.1) is 13.8 Å². The van der Waals surface area contributed by atoms with Gasteiger partial charge in [0.15, 0.2) is 0 Å². The van der Waals surface area contributed by atoms with Gasteiger partial charge in [-0.1, -0.05) is 55.0 Å². The third-order valence-corrected chi connectivity index (χ3v) is 6.27. The van der Waals surface area contributed by atoms with Crippen molar-refractivity contribution in [1.29, 1.82) is 0 Å². The van der Waals surface area contributed by atoms with Gasteiger partial charge in [-0.15, -0.1) is 12.4 Å². The molecule has 2 saturated carbocycles. The van der Waals surface area contributed by atoms with Crippen molar-refractivity contribution in [3.05, 3.63) is 70.8 Å². The molecule has 0 spiro atoms. The second kappa shape index (κ2) is 8.45. The molecule has 0 aliphatic heterocycles. The molecule has 27 heavy (non-hydrogen) atoms. The third kappa shape index (κ3) is 4.04. The van der Waals surface area contributed by atoms with Crippen molar-refractivity contribution in [3.63, 3.8) is 0 Å². The lowest BCUT2D eigenvalue weighted by Crippen LogP contribution is -2.47. The van der Waals surface area contributed by atoms with E-state index >= 15 is 0 Å². The van der Waals surface area contributed by atoms with Crippen LogP contribution in [-0.2, 0) is 15.7 Å². The quantitative estimate of drug-likeness (QED) is 0.805. The molecular formula is C23H31ClN2O. The number of aryl methyl sites for hydroxylation is 2. The predicted molar refractivity (Wildman–Crippen MR) is 114 cm³/mol. The number of amides is 1. The van der Waals surface area contributed by atoms with E-state index in [2.05, 4.69) is 31.2 Å². The van der Waals surface area contributed by atoms with Crippen LogP contribution in [0.3, 0.4) is 0 Å². The van der Waals surface area contributed by atoms with Crippen LogP contribution in [0.15, 0.2) is 48.5 Å². The van der Waals surface area contributed by atoms with E-state index in [1.54, 1.807) is 0 Å². The molecule has 0 radical (unpaired) electrons. The van der Waals surface area contributed by atoms with Crippen molar-refractivity contribution in [2.45, 2.75) is 63.3 Å². The highest BCUT2D eigenvalue weighted by molar-refractivity contribution is 5.88. The minimum absolute atomic E-state index is 0. The number of carbonyl (C=O) groups excluding carboxylic acids is 1. The molecule has 4 heteroatoms. The lowest BCUT2D eigenvalue weighted by atomic mass is 9.63. The average Bonchev–Trinajstić information content (AvgIpc) is 2.54. The van der Waals surface area contributed by atoms with E-state index in [-0.39, 0.29) is 29.3 Å². The highest BCUT2D eigenvalue weighted by atomic mass is 35.5. The molecule has 146 valence electrons. The Balaban J connectivity index is 0.000000189. The summed E-state index contributed by atoms with van der Waals surface area (Å²) in [6, 6.07) is 16.5. The summed E-state index contributed by atoms with van der Waals surface area (Å²) in [5, 5.41) is 0. The molecule has 2 aliphatic carbocycles. The van der Waals surface area contributed by atoms with Crippen molar-refractivity contribution in [2.75, 3.05) is 0 Å². The van der Waals surface area contributed by atoms with Crippen LogP contribution >= 0.6 is 12.4 Å². The molecule has 0 atom stereocenters. The summed E-state index contributed by atoms with van der Waals surface area (Å²) < 4.78 is 0. The number of nitrogens with two attached hydrogens (primary N) is 2. The molecule has 2 aromatic carbocycles. The van der Waals surface area contributed by atoms with Gasteiger partial charge in [-0.05, 0) is 68.2 Å². The molecule has 2 fully saturated rings. The number of hydrogen-bond acceptors (Lipinski definition) is 2. The van der Waals surface area contributed by atoms with Gasteiger partial charge in [0, 0.05) is 5.54 Å². The highest BCUT2D eigenvalue weighted by Gasteiger charge is 2.44. The standard InChI is InChI=1S/C12H15NO.C11H15N.ClH/c1-9-5-2-3-6-10(9)12(11(13)14)7-4-8-12;1-9-5-2-3-6-10(9)11(12)7-4-8-11;/h2-3,5-6H,4,7-8H2,1H3,(H2,13,14);2-3,5-6H,4,7-8,12H2,1H3;1H. The van der Waals surface area contributed by atoms with Gasteiger partial charge in [0.05, 0.1) is 5.41 Å². The SMILES string of the molecule is Cc1ccccc1C1(C(N)=O)CCC1.Cc1ccccc1C1(N)CCC1.Cl. The van der Waals surface area contributed by atoms with E-state index in [0.29, 0.717) is 0 Å². The first-order valence-corrected chi connectivity index (χ1v) is 9.60. The van der Waals surface area contributed by atoms with Gasteiger partial charge >= 0.3 is 0 Å². The van der Waals surface area contributed by atoms with E-state index in [0.717, 1.165) is 37.7 Å². The highest BCUT2D eigenvalue weighted by Crippen LogP contribution is 2.44. The molecule has 4 rings (SSSR count). The van der Waals surface area contributed by atoms with Crippen molar-refractivity contribution in [1.82, 2.24) is 0 Å². The Bertz CT molecular complexity index is 794. The van der Waals surface area contributed by atoms with Gasteiger partial charge in [-0.25, -0.2) is 0 Å². The van der Waals surface area contributed by atoms with Crippen molar-refractivity contribution in [2.24, 2.45) is 11.5 Å². The van der Waals surface area contributed by atoms with Crippen molar-refractivity contribution < 1.29 is 4.79 Å². The van der Waals surface area contributed by atoms with Crippen LogP contribution in [0.5, 0.6) is 0 Å². The molecule has 0 unspecified atom stereocenters. The van der Waals surface area contributed by atoms with Gasteiger partial charge in [0.25, 0.3) is 0 Å². The number of primary amides is 1. The average molecular weight is 387 g/mol. The fourth-order valence-electron chi connectivity index (χ4n) is 4.25. The summed E-state index contributed by atoms with van der Waals surface area (Å²) in [7, 11) is 0. The van der Waals surface area contributed by atoms with Gasteiger partial charge in [-0.2, -0.15) is 0 Å². The molecule has 0 heterocycles. The number of rotatable bonds is 3. The molecule has 2 aliphatic rings. The van der Waals surface area contributed by atoms with Crippen LogP contribution in [0.1, 0.15) is 60.8 Å². The Morgan fingerprint density at radius 3 is 1.59 bits per heavy atom. The zero-order valence-electron chi connectivity index (χ0n) is 16.3. The van der Waals surface area contributed by atoms with Crippen LogP contribution in [0.2, 0.25) is 0 Å². The Morgan fingerprint density at radius 2 is 1.26 bits per heavy atom. The summed E-state index contributed by atoms with van der Waals surface area (Å²) in [6.45, 7) is 4.18. The van der Waals surface area contributed by atoms with E-state index in [1.807, 2.05) is 31.2 Å². The molecule has 0 saturated heterocycles. The zero-order chi connectivity index (χ0) is 18.8. The second-order valence-electron chi connectivity index (χ2n) is 7.94.